The van der Waals surface area contributed by atoms with Crippen molar-refractivity contribution in [1.82, 2.24) is 5.32 Å². The molecule has 0 heterocycles. The first-order valence-electron chi connectivity index (χ1n) is 7.85. The van der Waals surface area contributed by atoms with Crippen LogP contribution < -0.4 is 10.1 Å². The zero-order valence-electron chi connectivity index (χ0n) is 12.8. The van der Waals surface area contributed by atoms with Crippen LogP contribution in [0, 0.1) is 0 Å². The minimum absolute atomic E-state index is 0.310. The Morgan fingerprint density at radius 2 is 1.95 bits per heavy atom. The molecule has 3 rings (SSSR count). The molecule has 1 unspecified atom stereocenters. The molecule has 0 aliphatic heterocycles. The normalized spacial score (nSPS) is 17.4. The van der Waals surface area contributed by atoms with E-state index >= 15 is 0 Å². The highest BCUT2D eigenvalue weighted by Crippen LogP contribution is 2.31. The number of nitrogens with one attached hydrogen (secondary N) is 1. The number of ether oxygens (including phenoxy) is 1. The number of benzene rings is 2. The molecule has 0 aromatic heterocycles. The number of carbonyl (C=O) groups excluding carboxylic acids is 1. The maximum atomic E-state index is 12.2. The van der Waals surface area contributed by atoms with Gasteiger partial charge in [0.1, 0.15) is 5.75 Å². The van der Waals surface area contributed by atoms with Crippen LogP contribution in [0.4, 0.5) is 0 Å². The Kier molecular flexibility index (Phi) is 4.54. The van der Waals surface area contributed by atoms with Crippen LogP contribution in [0.5, 0.6) is 5.75 Å². The van der Waals surface area contributed by atoms with Crippen LogP contribution in [0.25, 0.3) is 0 Å². The third kappa shape index (κ3) is 3.20. The molecule has 1 N–H and O–H groups in total. The highest BCUT2D eigenvalue weighted by atomic mass is 16.5. The standard InChI is InChI=1S/C19H21NO2/c1-20-18-10-6-5-7-14-11-12-16(13-17(14)18)22-19(21)15-8-3-2-4-9-15/h2-4,8-9,11-13,18,20H,5-7,10H2,1H3. The summed E-state index contributed by atoms with van der Waals surface area (Å²) >= 11 is 0. The smallest absolute Gasteiger partial charge is 0.343 e. The fourth-order valence-electron chi connectivity index (χ4n) is 3.05. The highest BCUT2D eigenvalue weighted by molar-refractivity contribution is 5.90. The lowest BCUT2D eigenvalue weighted by Gasteiger charge is -2.18. The van der Waals surface area contributed by atoms with Gasteiger partial charge in [0.15, 0.2) is 0 Å². The predicted octanol–water partition coefficient (Wildman–Crippen LogP) is 3.89. The Morgan fingerprint density at radius 1 is 1.14 bits per heavy atom. The molecule has 3 heteroatoms. The minimum Gasteiger partial charge on any atom is -0.423 e. The number of carbonyl (C=O) groups is 1. The van der Waals surface area contributed by atoms with Crippen molar-refractivity contribution < 1.29 is 9.53 Å². The highest BCUT2D eigenvalue weighted by Gasteiger charge is 2.18. The summed E-state index contributed by atoms with van der Waals surface area (Å²) in [7, 11) is 1.99. The second-order valence-electron chi connectivity index (χ2n) is 5.70. The van der Waals surface area contributed by atoms with E-state index in [4.69, 9.17) is 4.74 Å². The Bertz CT molecular complexity index is 652. The summed E-state index contributed by atoms with van der Waals surface area (Å²) in [4.78, 5) is 12.2. The summed E-state index contributed by atoms with van der Waals surface area (Å²) in [5.74, 6) is 0.310. The average Bonchev–Trinajstić information content (AvgIpc) is 2.77. The van der Waals surface area contributed by atoms with Crippen LogP contribution in [0.3, 0.4) is 0 Å². The van der Waals surface area contributed by atoms with E-state index in [9.17, 15) is 4.79 Å². The summed E-state index contributed by atoms with van der Waals surface area (Å²) in [5, 5.41) is 3.37. The van der Waals surface area contributed by atoms with Crippen LogP contribution in [0.15, 0.2) is 48.5 Å². The molecule has 114 valence electrons. The molecule has 22 heavy (non-hydrogen) atoms. The lowest BCUT2D eigenvalue weighted by atomic mass is 9.99. The van der Waals surface area contributed by atoms with Crippen molar-refractivity contribution in [2.24, 2.45) is 0 Å². The number of aryl methyl sites for hydroxylation is 1. The van der Waals surface area contributed by atoms with E-state index in [-0.39, 0.29) is 5.97 Å². The molecule has 0 saturated carbocycles. The first kappa shape index (κ1) is 14.8. The second kappa shape index (κ2) is 6.75. The molecule has 0 saturated heterocycles. The molecule has 0 bridgehead atoms. The third-order valence-electron chi connectivity index (χ3n) is 4.25. The fraction of sp³-hybridized carbons (Fsp3) is 0.316. The van der Waals surface area contributed by atoms with Crippen LogP contribution in [0.1, 0.15) is 46.8 Å². The van der Waals surface area contributed by atoms with E-state index in [0.717, 1.165) is 12.8 Å². The molecule has 0 amide bonds. The number of esters is 1. The van der Waals surface area contributed by atoms with E-state index in [1.165, 1.54) is 24.0 Å². The quantitative estimate of drug-likeness (QED) is 0.530. The maximum Gasteiger partial charge on any atom is 0.343 e. The molecule has 2 aromatic carbocycles. The van der Waals surface area contributed by atoms with Gasteiger partial charge < -0.3 is 10.1 Å². The lowest BCUT2D eigenvalue weighted by Crippen LogP contribution is -2.17. The molecule has 0 spiro atoms. The van der Waals surface area contributed by atoms with Gasteiger partial charge in [-0.3, -0.25) is 0 Å². The van der Waals surface area contributed by atoms with Crippen molar-refractivity contribution in [3.05, 3.63) is 65.2 Å². The van der Waals surface area contributed by atoms with E-state index in [1.54, 1.807) is 12.1 Å². The molecule has 1 atom stereocenters. The van der Waals surface area contributed by atoms with Gasteiger partial charge in [0.25, 0.3) is 0 Å². The van der Waals surface area contributed by atoms with Gasteiger partial charge in [-0.05, 0) is 61.7 Å². The topological polar surface area (TPSA) is 38.3 Å². The molecule has 1 aliphatic rings. The first-order valence-corrected chi connectivity index (χ1v) is 7.85. The van der Waals surface area contributed by atoms with Gasteiger partial charge in [-0.25, -0.2) is 4.79 Å². The largest absolute Gasteiger partial charge is 0.423 e. The molecular formula is C19H21NO2. The second-order valence-corrected chi connectivity index (χ2v) is 5.70. The van der Waals surface area contributed by atoms with Gasteiger partial charge in [0.05, 0.1) is 5.56 Å². The molecule has 1 aliphatic carbocycles. The van der Waals surface area contributed by atoms with E-state index < -0.39 is 0 Å². The van der Waals surface area contributed by atoms with E-state index in [1.807, 2.05) is 37.4 Å². The Labute approximate surface area is 131 Å². The number of rotatable bonds is 3. The van der Waals surface area contributed by atoms with Crippen LogP contribution in [0.2, 0.25) is 0 Å². The Hall–Kier alpha value is -2.13. The number of hydrogen-bond donors (Lipinski definition) is 1. The number of fused-ring (bicyclic) bond motifs is 1. The molecule has 2 aromatic rings. The van der Waals surface area contributed by atoms with Crippen molar-refractivity contribution in [1.29, 1.82) is 0 Å². The van der Waals surface area contributed by atoms with Gasteiger partial charge in [0.2, 0.25) is 0 Å². The van der Waals surface area contributed by atoms with Crippen molar-refractivity contribution in [2.45, 2.75) is 31.7 Å². The zero-order valence-corrected chi connectivity index (χ0v) is 12.8. The Balaban J connectivity index is 1.84. The first-order chi connectivity index (χ1) is 10.8. The summed E-state index contributed by atoms with van der Waals surface area (Å²) in [6, 6.07) is 15.4. The summed E-state index contributed by atoms with van der Waals surface area (Å²) in [6.45, 7) is 0. The minimum atomic E-state index is -0.310. The van der Waals surface area contributed by atoms with Crippen molar-refractivity contribution in [3.63, 3.8) is 0 Å². The summed E-state index contributed by atoms with van der Waals surface area (Å²) < 4.78 is 5.53. The molecule has 0 radical (unpaired) electrons. The van der Waals surface area contributed by atoms with Gasteiger partial charge in [-0.2, -0.15) is 0 Å². The van der Waals surface area contributed by atoms with Crippen molar-refractivity contribution in [2.75, 3.05) is 7.05 Å². The third-order valence-corrected chi connectivity index (χ3v) is 4.25. The van der Waals surface area contributed by atoms with Crippen molar-refractivity contribution in [3.8, 4) is 5.75 Å². The van der Waals surface area contributed by atoms with E-state index in [2.05, 4.69) is 11.4 Å². The summed E-state index contributed by atoms with van der Waals surface area (Å²) in [5.41, 5.74) is 3.19. The predicted molar refractivity (Wildman–Crippen MR) is 87.2 cm³/mol. The van der Waals surface area contributed by atoms with Crippen LogP contribution >= 0.6 is 0 Å². The van der Waals surface area contributed by atoms with Gasteiger partial charge in [0, 0.05) is 6.04 Å². The van der Waals surface area contributed by atoms with Gasteiger partial charge in [-0.15, -0.1) is 0 Å². The average molecular weight is 295 g/mol. The molecule has 3 nitrogen and oxygen atoms in total. The fourth-order valence-corrected chi connectivity index (χ4v) is 3.05. The van der Waals surface area contributed by atoms with E-state index in [0.29, 0.717) is 17.4 Å². The molecule has 0 fully saturated rings. The Morgan fingerprint density at radius 3 is 2.73 bits per heavy atom. The zero-order chi connectivity index (χ0) is 15.4. The van der Waals surface area contributed by atoms with Gasteiger partial charge >= 0.3 is 5.97 Å². The van der Waals surface area contributed by atoms with Crippen LogP contribution in [-0.2, 0) is 6.42 Å². The summed E-state index contributed by atoms with van der Waals surface area (Å²) in [6.07, 6.45) is 4.66. The van der Waals surface area contributed by atoms with Crippen LogP contribution in [-0.4, -0.2) is 13.0 Å². The monoisotopic (exact) mass is 295 g/mol. The number of hydrogen-bond acceptors (Lipinski definition) is 3. The lowest BCUT2D eigenvalue weighted by molar-refractivity contribution is 0.0734. The molecular weight excluding hydrogens is 274 g/mol. The van der Waals surface area contributed by atoms with Gasteiger partial charge in [-0.1, -0.05) is 30.7 Å². The maximum absolute atomic E-state index is 12.2. The SMILES string of the molecule is CNC1CCCCc2ccc(OC(=O)c3ccccc3)cc21. The van der Waals surface area contributed by atoms with Crippen molar-refractivity contribution >= 4 is 5.97 Å².